The lowest BCUT2D eigenvalue weighted by atomic mass is 9.99. The summed E-state index contributed by atoms with van der Waals surface area (Å²) in [5.41, 5.74) is 1.00. The van der Waals surface area contributed by atoms with Crippen molar-refractivity contribution in [2.45, 2.75) is 32.7 Å². The summed E-state index contributed by atoms with van der Waals surface area (Å²) in [5.74, 6) is 1.27. The third-order valence-electron chi connectivity index (χ3n) is 3.51. The molecule has 5 heteroatoms. The van der Waals surface area contributed by atoms with E-state index in [-0.39, 0.29) is 0 Å². The summed E-state index contributed by atoms with van der Waals surface area (Å²) in [6.45, 7) is 6.24. The van der Waals surface area contributed by atoms with Gasteiger partial charge in [0.25, 0.3) is 0 Å². The van der Waals surface area contributed by atoms with Gasteiger partial charge in [-0.15, -0.1) is 0 Å². The summed E-state index contributed by atoms with van der Waals surface area (Å²) in [7, 11) is 0. The van der Waals surface area contributed by atoms with Crippen LogP contribution in [0.1, 0.15) is 31.9 Å². The number of aliphatic hydroxyl groups excluding tert-OH is 1. The minimum atomic E-state index is 0.294. The Morgan fingerprint density at radius 1 is 1.42 bits per heavy atom. The van der Waals surface area contributed by atoms with Gasteiger partial charge in [0.05, 0.1) is 18.1 Å². The molecule has 0 spiro atoms. The number of rotatable bonds is 6. The van der Waals surface area contributed by atoms with Gasteiger partial charge in [-0.05, 0) is 31.7 Å². The smallest absolute Gasteiger partial charge is 0.144 e. The predicted molar refractivity (Wildman–Crippen MR) is 75.9 cm³/mol. The molecule has 1 atom stereocenters. The van der Waals surface area contributed by atoms with Crippen LogP contribution in [-0.2, 0) is 6.54 Å². The molecule has 1 saturated heterocycles. The molecule has 19 heavy (non-hydrogen) atoms. The molecule has 0 radical (unpaired) electrons. The van der Waals surface area contributed by atoms with Crippen molar-refractivity contribution in [1.82, 2.24) is 14.9 Å². The highest BCUT2D eigenvalue weighted by atomic mass is 16.3. The zero-order valence-corrected chi connectivity index (χ0v) is 11.7. The monoisotopic (exact) mass is 264 g/mol. The molecule has 1 fully saturated rings. The lowest BCUT2D eigenvalue weighted by Crippen LogP contribution is -2.36. The second-order valence-electron chi connectivity index (χ2n) is 5.25. The van der Waals surface area contributed by atoms with Crippen molar-refractivity contribution in [2.24, 2.45) is 5.92 Å². The average Bonchev–Trinajstić information content (AvgIpc) is 2.47. The molecule has 2 rings (SSSR count). The van der Waals surface area contributed by atoms with Crippen molar-refractivity contribution in [1.29, 1.82) is 0 Å². The maximum atomic E-state index is 9.23. The average molecular weight is 264 g/mol. The van der Waals surface area contributed by atoms with Crippen LogP contribution >= 0.6 is 0 Å². The largest absolute Gasteiger partial charge is 0.396 e. The number of hydrogen-bond acceptors (Lipinski definition) is 5. The molecule has 106 valence electrons. The molecule has 1 aromatic rings. The molecule has 0 saturated carbocycles. The first-order chi connectivity index (χ1) is 9.31. The van der Waals surface area contributed by atoms with Gasteiger partial charge in [0.15, 0.2) is 0 Å². The predicted octanol–water partition coefficient (Wildman–Crippen LogP) is 1.50. The third-order valence-corrected chi connectivity index (χ3v) is 3.51. The fourth-order valence-corrected chi connectivity index (χ4v) is 2.45. The van der Waals surface area contributed by atoms with E-state index in [0.29, 0.717) is 12.5 Å². The van der Waals surface area contributed by atoms with Gasteiger partial charge >= 0.3 is 0 Å². The highest BCUT2D eigenvalue weighted by Crippen LogP contribution is 2.17. The Labute approximate surface area is 115 Å². The van der Waals surface area contributed by atoms with Crippen LogP contribution in [0.5, 0.6) is 0 Å². The van der Waals surface area contributed by atoms with E-state index in [2.05, 4.69) is 27.1 Å². The zero-order chi connectivity index (χ0) is 13.5. The second-order valence-corrected chi connectivity index (χ2v) is 5.25. The van der Waals surface area contributed by atoms with Gasteiger partial charge in [-0.3, -0.25) is 9.88 Å². The lowest BCUT2D eigenvalue weighted by Gasteiger charge is -2.31. The first-order valence-electron chi connectivity index (χ1n) is 7.19. The van der Waals surface area contributed by atoms with E-state index >= 15 is 0 Å². The molecular formula is C14H24N4O. The number of hydrogen-bond donors (Lipinski definition) is 2. The van der Waals surface area contributed by atoms with E-state index < -0.39 is 0 Å². The van der Waals surface area contributed by atoms with Crippen LogP contribution in [0.4, 0.5) is 5.82 Å². The Hall–Kier alpha value is -1.20. The summed E-state index contributed by atoms with van der Waals surface area (Å²) in [6, 6.07) is 0. The molecule has 0 aromatic carbocycles. The van der Waals surface area contributed by atoms with Crippen LogP contribution in [0.15, 0.2) is 12.4 Å². The first kappa shape index (κ1) is 14.2. The number of aliphatic hydroxyl groups is 1. The van der Waals surface area contributed by atoms with E-state index in [9.17, 15) is 5.11 Å². The Morgan fingerprint density at radius 3 is 3.00 bits per heavy atom. The van der Waals surface area contributed by atoms with Gasteiger partial charge in [-0.2, -0.15) is 0 Å². The van der Waals surface area contributed by atoms with Gasteiger partial charge in [0, 0.05) is 26.2 Å². The van der Waals surface area contributed by atoms with Crippen LogP contribution in [0.25, 0.3) is 0 Å². The van der Waals surface area contributed by atoms with Crippen LogP contribution in [0.3, 0.4) is 0 Å². The molecule has 0 bridgehead atoms. The van der Waals surface area contributed by atoms with Gasteiger partial charge in [-0.1, -0.05) is 6.92 Å². The molecule has 1 aromatic heterocycles. The molecule has 1 unspecified atom stereocenters. The van der Waals surface area contributed by atoms with Crippen molar-refractivity contribution < 1.29 is 5.11 Å². The standard InChI is InChI=1S/C14H24N4O/c1-2-5-15-14-8-16-13(7-17-14)10-18-6-3-4-12(9-18)11-19/h7-8,12,19H,2-6,9-11H2,1H3,(H,15,17). The topological polar surface area (TPSA) is 61.3 Å². The van der Waals surface area contributed by atoms with E-state index in [1.807, 2.05) is 6.20 Å². The Balaban J connectivity index is 1.85. The molecule has 1 aliphatic rings. The summed E-state index contributed by atoms with van der Waals surface area (Å²) in [4.78, 5) is 11.2. The van der Waals surface area contributed by atoms with Crippen LogP contribution in [-0.4, -0.2) is 46.2 Å². The number of nitrogens with one attached hydrogen (secondary N) is 1. The highest BCUT2D eigenvalue weighted by molar-refractivity contribution is 5.30. The summed E-state index contributed by atoms with van der Waals surface area (Å²) in [5, 5.41) is 12.5. The quantitative estimate of drug-likeness (QED) is 0.815. The van der Waals surface area contributed by atoms with Crippen molar-refractivity contribution >= 4 is 5.82 Å². The maximum Gasteiger partial charge on any atom is 0.144 e. The van der Waals surface area contributed by atoms with Crippen molar-refractivity contribution in [3.05, 3.63) is 18.1 Å². The summed E-state index contributed by atoms with van der Waals surface area (Å²) >= 11 is 0. The second kappa shape index (κ2) is 7.40. The summed E-state index contributed by atoms with van der Waals surface area (Å²) in [6.07, 6.45) is 7.03. The fraction of sp³-hybridized carbons (Fsp3) is 0.714. The lowest BCUT2D eigenvalue weighted by molar-refractivity contribution is 0.115. The highest BCUT2D eigenvalue weighted by Gasteiger charge is 2.19. The molecule has 2 heterocycles. The van der Waals surface area contributed by atoms with E-state index in [1.165, 1.54) is 0 Å². The van der Waals surface area contributed by atoms with Gasteiger partial charge in [-0.25, -0.2) is 4.98 Å². The van der Waals surface area contributed by atoms with Gasteiger partial charge < -0.3 is 10.4 Å². The normalized spacial score (nSPS) is 20.4. The maximum absolute atomic E-state index is 9.23. The van der Waals surface area contributed by atoms with Crippen LogP contribution < -0.4 is 5.32 Å². The molecule has 0 aliphatic carbocycles. The Bertz CT molecular complexity index is 368. The number of piperidine rings is 1. The Morgan fingerprint density at radius 2 is 2.32 bits per heavy atom. The van der Waals surface area contributed by atoms with Crippen molar-refractivity contribution in [3.63, 3.8) is 0 Å². The van der Waals surface area contributed by atoms with Gasteiger partial charge in [0.1, 0.15) is 5.82 Å². The molecule has 1 aliphatic heterocycles. The van der Waals surface area contributed by atoms with E-state index in [0.717, 1.165) is 57.0 Å². The fourth-order valence-electron chi connectivity index (χ4n) is 2.45. The molecule has 0 amide bonds. The van der Waals surface area contributed by atoms with Crippen molar-refractivity contribution in [2.75, 3.05) is 31.6 Å². The van der Waals surface area contributed by atoms with E-state index in [4.69, 9.17) is 0 Å². The summed E-state index contributed by atoms with van der Waals surface area (Å²) < 4.78 is 0. The number of nitrogens with zero attached hydrogens (tertiary/aromatic N) is 3. The number of aromatic nitrogens is 2. The molecular weight excluding hydrogens is 240 g/mol. The minimum absolute atomic E-state index is 0.294. The zero-order valence-electron chi connectivity index (χ0n) is 11.7. The first-order valence-corrected chi connectivity index (χ1v) is 7.19. The van der Waals surface area contributed by atoms with E-state index in [1.54, 1.807) is 6.20 Å². The Kier molecular flexibility index (Phi) is 5.54. The third kappa shape index (κ3) is 4.44. The number of anilines is 1. The number of likely N-dealkylation sites (tertiary alicyclic amines) is 1. The van der Waals surface area contributed by atoms with Gasteiger partial charge in [0.2, 0.25) is 0 Å². The van der Waals surface area contributed by atoms with Crippen molar-refractivity contribution in [3.8, 4) is 0 Å². The SMILES string of the molecule is CCCNc1cnc(CN2CCCC(CO)C2)cn1. The molecule has 2 N–H and O–H groups in total. The van der Waals surface area contributed by atoms with Crippen LogP contribution in [0.2, 0.25) is 0 Å². The minimum Gasteiger partial charge on any atom is -0.396 e. The molecule has 5 nitrogen and oxygen atoms in total. The van der Waals surface area contributed by atoms with Crippen LogP contribution in [0, 0.1) is 5.92 Å².